The van der Waals surface area contributed by atoms with Gasteiger partial charge in [-0.25, -0.2) is 4.79 Å². The van der Waals surface area contributed by atoms with Crippen molar-refractivity contribution < 1.29 is 23.6 Å². The molecule has 0 atom stereocenters. The maximum atomic E-state index is 12.9. The van der Waals surface area contributed by atoms with E-state index in [1.165, 1.54) is 42.6 Å². The lowest BCUT2D eigenvalue weighted by molar-refractivity contribution is -0.155. The Bertz CT molecular complexity index is 1290. The predicted octanol–water partition coefficient (Wildman–Crippen LogP) is 7.92. The number of amides is 1. The maximum absolute atomic E-state index is 12.9. The molecule has 1 aromatic heterocycles. The molecule has 1 aliphatic carbocycles. The van der Waals surface area contributed by atoms with Crippen LogP contribution >= 0.6 is 0 Å². The van der Waals surface area contributed by atoms with Gasteiger partial charge in [0.2, 0.25) is 5.82 Å². The molecule has 1 aliphatic rings. The summed E-state index contributed by atoms with van der Waals surface area (Å²) in [6.07, 6.45) is 6.08. The number of esters is 1. The van der Waals surface area contributed by atoms with Gasteiger partial charge in [0, 0.05) is 24.2 Å². The molecule has 0 saturated heterocycles. The van der Waals surface area contributed by atoms with Crippen LogP contribution in [-0.4, -0.2) is 44.8 Å². The number of benzene rings is 2. The molecule has 0 N–H and O–H groups in total. The number of carbonyl (C=O) groups excluding carboxylic acids is 2. The Morgan fingerprint density at radius 3 is 2.07 bits per heavy atom. The van der Waals surface area contributed by atoms with Gasteiger partial charge in [-0.3, -0.25) is 4.79 Å². The molecule has 0 spiro atoms. The second-order valence-corrected chi connectivity index (χ2v) is 12.8. The van der Waals surface area contributed by atoms with Gasteiger partial charge in [-0.15, -0.1) is 0 Å². The number of carbonyl (C=O) groups is 2. The van der Waals surface area contributed by atoms with Crippen molar-refractivity contribution in [1.82, 2.24) is 15.0 Å². The van der Waals surface area contributed by atoms with E-state index in [1.54, 1.807) is 0 Å². The molecule has 2 aromatic carbocycles. The smallest absolute Gasteiger partial charge is 0.410 e. The van der Waals surface area contributed by atoms with Gasteiger partial charge in [-0.05, 0) is 83.6 Å². The summed E-state index contributed by atoms with van der Waals surface area (Å²) in [7, 11) is 0. The van der Waals surface area contributed by atoms with Crippen molar-refractivity contribution in [2.24, 2.45) is 0 Å². The van der Waals surface area contributed by atoms with Crippen LogP contribution in [0.1, 0.15) is 97.1 Å². The first-order valence-corrected chi connectivity index (χ1v) is 14.6. The van der Waals surface area contributed by atoms with Crippen molar-refractivity contribution in [3.63, 3.8) is 0 Å². The summed E-state index contributed by atoms with van der Waals surface area (Å²) in [6, 6.07) is 16.1. The van der Waals surface area contributed by atoms with Crippen molar-refractivity contribution in [1.29, 1.82) is 0 Å². The zero-order chi connectivity index (χ0) is 29.6. The summed E-state index contributed by atoms with van der Waals surface area (Å²) in [4.78, 5) is 31.3. The summed E-state index contributed by atoms with van der Waals surface area (Å²) < 4.78 is 16.6. The van der Waals surface area contributed by atoms with E-state index in [-0.39, 0.29) is 25.5 Å². The molecule has 8 heteroatoms. The summed E-state index contributed by atoms with van der Waals surface area (Å²) in [5.41, 5.74) is 2.73. The van der Waals surface area contributed by atoms with Crippen LogP contribution in [0.3, 0.4) is 0 Å². The zero-order valence-electron chi connectivity index (χ0n) is 25.2. The van der Waals surface area contributed by atoms with E-state index in [1.807, 2.05) is 65.8 Å². The third-order valence-corrected chi connectivity index (χ3v) is 6.90. The van der Waals surface area contributed by atoms with Gasteiger partial charge >= 0.3 is 12.1 Å². The lowest BCUT2D eigenvalue weighted by Crippen LogP contribution is -2.38. The fourth-order valence-corrected chi connectivity index (χ4v) is 4.95. The Kier molecular flexibility index (Phi) is 9.51. The van der Waals surface area contributed by atoms with Crippen molar-refractivity contribution in [3.8, 4) is 22.8 Å². The van der Waals surface area contributed by atoms with Crippen molar-refractivity contribution >= 4 is 12.1 Å². The molecule has 0 unspecified atom stereocenters. The van der Waals surface area contributed by atoms with Gasteiger partial charge in [-0.1, -0.05) is 60.8 Å². The molecule has 0 radical (unpaired) electrons. The number of aromatic nitrogens is 2. The van der Waals surface area contributed by atoms with E-state index in [4.69, 9.17) is 14.0 Å². The Labute approximate surface area is 243 Å². The average molecular weight is 562 g/mol. The molecule has 1 fully saturated rings. The summed E-state index contributed by atoms with van der Waals surface area (Å²) in [5, 5.41) is 4.19. The standard InChI is InChI=1S/C33H43N3O5/c1-32(2,3)39-28(37)20-21-36(31(38)40-33(4,5)6)22-23-12-14-26(15-13-23)29-34-30(41-35-29)27-18-16-25(17-19-27)24-10-8-7-9-11-24/h12-19,24H,7-11,20-22H2,1-6H3. The molecule has 41 heavy (non-hydrogen) atoms. The number of nitrogens with zero attached hydrogens (tertiary/aromatic N) is 3. The highest BCUT2D eigenvalue weighted by Crippen LogP contribution is 2.33. The predicted molar refractivity (Wildman–Crippen MR) is 158 cm³/mol. The van der Waals surface area contributed by atoms with Crippen LogP contribution in [0, 0.1) is 0 Å². The third-order valence-electron chi connectivity index (χ3n) is 6.90. The molecule has 8 nitrogen and oxygen atoms in total. The highest BCUT2D eigenvalue weighted by molar-refractivity contribution is 5.72. The van der Waals surface area contributed by atoms with Crippen LogP contribution < -0.4 is 0 Å². The monoisotopic (exact) mass is 561 g/mol. The quantitative estimate of drug-likeness (QED) is 0.258. The summed E-state index contributed by atoms with van der Waals surface area (Å²) >= 11 is 0. The zero-order valence-corrected chi connectivity index (χ0v) is 25.2. The Morgan fingerprint density at radius 2 is 1.46 bits per heavy atom. The largest absolute Gasteiger partial charge is 0.460 e. The minimum absolute atomic E-state index is 0.0713. The van der Waals surface area contributed by atoms with Crippen LogP contribution in [0.5, 0.6) is 0 Å². The van der Waals surface area contributed by atoms with E-state index in [2.05, 4.69) is 34.4 Å². The highest BCUT2D eigenvalue weighted by Gasteiger charge is 2.24. The topological polar surface area (TPSA) is 94.8 Å². The first kappa shape index (κ1) is 30.3. The van der Waals surface area contributed by atoms with Crippen LogP contribution in [0.25, 0.3) is 22.8 Å². The minimum Gasteiger partial charge on any atom is -0.460 e. The molecule has 0 bridgehead atoms. The van der Waals surface area contributed by atoms with Crippen LogP contribution in [0.15, 0.2) is 53.1 Å². The molecule has 1 heterocycles. The minimum atomic E-state index is -0.655. The maximum Gasteiger partial charge on any atom is 0.410 e. The van der Waals surface area contributed by atoms with Crippen molar-refractivity contribution in [2.75, 3.05) is 6.54 Å². The molecule has 1 amide bonds. The van der Waals surface area contributed by atoms with Gasteiger partial charge in [0.1, 0.15) is 11.2 Å². The average Bonchev–Trinajstić information content (AvgIpc) is 3.40. The number of hydrogen-bond donors (Lipinski definition) is 0. The van der Waals surface area contributed by atoms with E-state index in [0.717, 1.165) is 16.7 Å². The number of hydrogen-bond acceptors (Lipinski definition) is 7. The second kappa shape index (κ2) is 12.9. The van der Waals surface area contributed by atoms with E-state index < -0.39 is 17.3 Å². The Balaban J connectivity index is 1.41. The Morgan fingerprint density at radius 1 is 0.854 bits per heavy atom. The first-order chi connectivity index (χ1) is 19.4. The number of ether oxygens (including phenoxy) is 2. The normalized spacial score (nSPS) is 14.5. The molecule has 1 saturated carbocycles. The van der Waals surface area contributed by atoms with Crippen LogP contribution in [-0.2, 0) is 20.8 Å². The highest BCUT2D eigenvalue weighted by atomic mass is 16.6. The van der Waals surface area contributed by atoms with Gasteiger partial charge in [0.25, 0.3) is 5.89 Å². The number of rotatable bonds is 8. The van der Waals surface area contributed by atoms with Gasteiger partial charge < -0.3 is 18.9 Å². The first-order valence-electron chi connectivity index (χ1n) is 14.6. The van der Waals surface area contributed by atoms with Gasteiger partial charge in [0.05, 0.1) is 6.42 Å². The molecule has 0 aliphatic heterocycles. The third kappa shape index (κ3) is 9.17. The SMILES string of the molecule is CC(C)(C)OC(=O)CCN(Cc1ccc(-c2noc(-c3ccc(C4CCCCC4)cc3)n2)cc1)C(=O)OC(C)(C)C. The molecule has 3 aromatic rings. The summed E-state index contributed by atoms with van der Waals surface area (Å²) in [6.45, 7) is 11.4. The van der Waals surface area contributed by atoms with Gasteiger partial charge in [-0.2, -0.15) is 4.98 Å². The fourth-order valence-electron chi connectivity index (χ4n) is 4.95. The molecule has 220 valence electrons. The Hall–Kier alpha value is -3.68. The molecular formula is C33H43N3O5. The lowest BCUT2D eigenvalue weighted by Gasteiger charge is -2.28. The van der Waals surface area contributed by atoms with Crippen LogP contribution in [0.2, 0.25) is 0 Å². The van der Waals surface area contributed by atoms with E-state index >= 15 is 0 Å². The molecular weight excluding hydrogens is 518 g/mol. The van der Waals surface area contributed by atoms with E-state index in [0.29, 0.717) is 17.6 Å². The summed E-state index contributed by atoms with van der Waals surface area (Å²) in [5.74, 6) is 1.27. The second-order valence-electron chi connectivity index (χ2n) is 12.8. The fraction of sp³-hybridized carbons (Fsp3) is 0.515. The van der Waals surface area contributed by atoms with Crippen LogP contribution in [0.4, 0.5) is 4.79 Å². The van der Waals surface area contributed by atoms with Crippen molar-refractivity contribution in [3.05, 3.63) is 59.7 Å². The lowest BCUT2D eigenvalue weighted by atomic mass is 9.84. The van der Waals surface area contributed by atoms with E-state index in [9.17, 15) is 9.59 Å². The van der Waals surface area contributed by atoms with Crippen molar-refractivity contribution in [2.45, 2.75) is 104 Å². The molecule has 4 rings (SSSR count). The van der Waals surface area contributed by atoms with Gasteiger partial charge in [0.15, 0.2) is 0 Å².